The van der Waals surface area contributed by atoms with Crippen molar-refractivity contribution in [2.24, 2.45) is 0 Å². The number of rotatable bonds is 14. The predicted octanol–water partition coefficient (Wildman–Crippen LogP) is -0.795. The molecule has 0 aliphatic carbocycles. The van der Waals surface area contributed by atoms with Gasteiger partial charge in [-0.3, -0.25) is 0 Å². The van der Waals surface area contributed by atoms with Crippen molar-refractivity contribution in [1.82, 2.24) is 5.32 Å². The molecule has 2 amide bonds. The number of benzene rings is 1. The first-order chi connectivity index (χ1) is 19.7. The lowest BCUT2D eigenvalue weighted by atomic mass is 9.96. The summed E-state index contributed by atoms with van der Waals surface area (Å²) in [6.07, 6.45) is -8.03. The van der Waals surface area contributed by atoms with E-state index in [0.29, 0.717) is 17.9 Å². The van der Waals surface area contributed by atoms with Crippen LogP contribution in [0.3, 0.4) is 0 Å². The Morgan fingerprint density at radius 3 is 2.07 bits per heavy atom. The Morgan fingerprint density at radius 1 is 0.780 bits per heavy atom. The van der Waals surface area contributed by atoms with Crippen molar-refractivity contribution in [2.75, 3.05) is 30.4 Å². The Morgan fingerprint density at radius 2 is 1.41 bits per heavy atom. The van der Waals surface area contributed by atoms with Gasteiger partial charge in [-0.15, -0.1) is 0 Å². The SMILES string of the molecule is CCCCCCCCNC(=O)Nc1ccc(N[C@@H]2O[C@H](CO)[C@@H](O[C@H]3O[C@H](CO)[C@@H](O)[C@H](O)[C@H]3O)[C@H](O)[C@H]2O)cc1. The van der Waals surface area contributed by atoms with E-state index in [1.807, 2.05) is 0 Å². The Balaban J connectivity index is 1.50. The third kappa shape index (κ3) is 9.19. The number of hydrogen-bond acceptors (Lipinski definition) is 12. The number of carbonyl (C=O) groups is 1. The highest BCUT2D eigenvalue weighted by Crippen LogP contribution is 2.30. The topological polar surface area (TPSA) is 222 Å². The summed E-state index contributed by atoms with van der Waals surface area (Å²) < 4.78 is 16.6. The lowest BCUT2D eigenvalue weighted by Gasteiger charge is -2.46. The van der Waals surface area contributed by atoms with Crippen LogP contribution in [0.5, 0.6) is 0 Å². The van der Waals surface area contributed by atoms with E-state index in [-0.39, 0.29) is 6.03 Å². The van der Waals surface area contributed by atoms with Gasteiger partial charge in [0.2, 0.25) is 0 Å². The molecule has 0 unspecified atom stereocenters. The number of urea groups is 1. The van der Waals surface area contributed by atoms with Gasteiger partial charge in [-0.2, -0.15) is 0 Å². The summed E-state index contributed by atoms with van der Waals surface area (Å²) in [4.78, 5) is 12.1. The first-order valence-electron chi connectivity index (χ1n) is 14.2. The highest BCUT2D eigenvalue weighted by atomic mass is 16.7. The normalized spacial score (nSPS) is 33.8. The first kappa shape index (κ1) is 33.4. The molecule has 0 radical (unpaired) electrons. The quantitative estimate of drug-likeness (QED) is 0.121. The fraction of sp³-hybridized carbons (Fsp3) is 0.741. The molecule has 2 aliphatic rings. The van der Waals surface area contributed by atoms with Crippen molar-refractivity contribution in [1.29, 1.82) is 0 Å². The second-order valence-corrected chi connectivity index (χ2v) is 10.4. The largest absolute Gasteiger partial charge is 0.394 e. The number of anilines is 2. The minimum Gasteiger partial charge on any atom is -0.394 e. The molecule has 2 fully saturated rings. The average molecular weight is 588 g/mol. The second kappa shape index (κ2) is 16.5. The number of amides is 2. The van der Waals surface area contributed by atoms with E-state index < -0.39 is 74.6 Å². The minimum absolute atomic E-state index is 0.315. The molecule has 1 aromatic rings. The van der Waals surface area contributed by atoms with Gasteiger partial charge in [0, 0.05) is 17.9 Å². The average Bonchev–Trinajstić information content (AvgIpc) is 2.97. The molecule has 14 heteroatoms. The van der Waals surface area contributed by atoms with E-state index in [0.717, 1.165) is 19.3 Å². The molecule has 0 bridgehead atoms. The van der Waals surface area contributed by atoms with Crippen molar-refractivity contribution < 1.29 is 54.8 Å². The zero-order valence-corrected chi connectivity index (χ0v) is 23.2. The number of carbonyl (C=O) groups excluding carboxylic acids is 1. The molecule has 1 aromatic carbocycles. The lowest BCUT2D eigenvalue weighted by Crippen LogP contribution is -2.65. The van der Waals surface area contributed by atoms with Crippen LogP contribution in [0.1, 0.15) is 45.4 Å². The van der Waals surface area contributed by atoms with E-state index in [4.69, 9.17) is 14.2 Å². The Kier molecular flexibility index (Phi) is 13.4. The number of nitrogens with one attached hydrogen (secondary N) is 3. The van der Waals surface area contributed by atoms with Crippen LogP contribution in [0, 0.1) is 0 Å². The summed E-state index contributed by atoms with van der Waals surface area (Å²) in [6.45, 7) is 1.44. The number of aliphatic hydroxyl groups excluding tert-OH is 7. The zero-order chi connectivity index (χ0) is 29.9. The molecule has 234 valence electrons. The maximum absolute atomic E-state index is 12.1. The summed E-state index contributed by atoms with van der Waals surface area (Å²) in [5.41, 5.74) is 1.03. The number of ether oxygens (including phenoxy) is 3. The highest BCUT2D eigenvalue weighted by Gasteiger charge is 2.50. The molecule has 41 heavy (non-hydrogen) atoms. The minimum atomic E-state index is -1.74. The van der Waals surface area contributed by atoms with Crippen molar-refractivity contribution >= 4 is 17.4 Å². The standard InChI is InChI=1S/C27H45N3O11/c1-2-3-4-5-6-7-12-28-27(38)30-16-10-8-15(9-11-16)29-25-22(36)21(35)24(18(14-32)39-25)41-26-23(37)20(34)19(33)17(13-31)40-26/h8-11,17-26,29,31-37H,2-7,12-14H2,1H3,(H2,28,30,38)/t17-,18-,19-,20+,21-,22-,23-,24-,25-,26-/m1/s1. The van der Waals surface area contributed by atoms with Crippen LogP contribution in [-0.2, 0) is 14.2 Å². The van der Waals surface area contributed by atoms with E-state index >= 15 is 0 Å². The van der Waals surface area contributed by atoms with Gasteiger partial charge in [-0.25, -0.2) is 4.79 Å². The Hall–Kier alpha value is -2.11. The highest BCUT2D eigenvalue weighted by molar-refractivity contribution is 5.89. The molecule has 0 aromatic heterocycles. The van der Waals surface area contributed by atoms with Crippen LogP contribution >= 0.6 is 0 Å². The summed E-state index contributed by atoms with van der Waals surface area (Å²) in [5.74, 6) is 0. The van der Waals surface area contributed by atoms with Crippen LogP contribution < -0.4 is 16.0 Å². The van der Waals surface area contributed by atoms with Crippen LogP contribution in [-0.4, -0.2) is 123 Å². The second-order valence-electron chi connectivity index (χ2n) is 10.4. The maximum Gasteiger partial charge on any atom is 0.319 e. The van der Waals surface area contributed by atoms with Gasteiger partial charge < -0.3 is 65.9 Å². The summed E-state index contributed by atoms with van der Waals surface area (Å²) in [6, 6.07) is 6.25. The predicted molar refractivity (Wildman–Crippen MR) is 147 cm³/mol. The molecule has 10 atom stereocenters. The molecule has 2 saturated heterocycles. The summed E-state index contributed by atoms with van der Waals surface area (Å²) in [5, 5.41) is 79.4. The molecular weight excluding hydrogens is 542 g/mol. The number of aliphatic hydroxyl groups is 7. The molecule has 14 nitrogen and oxygen atoms in total. The van der Waals surface area contributed by atoms with Crippen molar-refractivity contribution in [2.45, 2.75) is 107 Å². The first-order valence-corrected chi connectivity index (χ1v) is 14.2. The van der Waals surface area contributed by atoms with Gasteiger partial charge in [0.1, 0.15) is 48.8 Å². The third-order valence-corrected chi connectivity index (χ3v) is 7.27. The van der Waals surface area contributed by atoms with E-state index in [1.165, 1.54) is 19.3 Å². The van der Waals surface area contributed by atoms with Crippen LogP contribution in [0.4, 0.5) is 16.2 Å². The van der Waals surface area contributed by atoms with Crippen LogP contribution in [0.25, 0.3) is 0 Å². The van der Waals surface area contributed by atoms with E-state index in [9.17, 15) is 40.5 Å². The van der Waals surface area contributed by atoms with E-state index in [2.05, 4.69) is 22.9 Å². The molecule has 0 spiro atoms. The van der Waals surface area contributed by atoms with Crippen molar-refractivity contribution in [3.05, 3.63) is 24.3 Å². The summed E-state index contributed by atoms with van der Waals surface area (Å²) >= 11 is 0. The van der Waals surface area contributed by atoms with Crippen LogP contribution in [0.2, 0.25) is 0 Å². The van der Waals surface area contributed by atoms with Gasteiger partial charge in [-0.05, 0) is 30.7 Å². The molecule has 2 aliphatic heterocycles. The lowest BCUT2D eigenvalue weighted by molar-refractivity contribution is -0.340. The smallest absolute Gasteiger partial charge is 0.319 e. The molecule has 0 saturated carbocycles. The van der Waals surface area contributed by atoms with Crippen LogP contribution in [0.15, 0.2) is 24.3 Å². The fourth-order valence-electron chi connectivity index (χ4n) is 4.81. The monoisotopic (exact) mass is 587 g/mol. The summed E-state index contributed by atoms with van der Waals surface area (Å²) in [7, 11) is 0. The molecule has 2 heterocycles. The number of hydrogen-bond donors (Lipinski definition) is 10. The molecule has 10 N–H and O–H groups in total. The Labute approximate surface area is 239 Å². The molecular formula is C27H45N3O11. The third-order valence-electron chi connectivity index (χ3n) is 7.27. The maximum atomic E-state index is 12.1. The van der Waals surface area contributed by atoms with Gasteiger partial charge in [0.15, 0.2) is 12.5 Å². The zero-order valence-electron chi connectivity index (χ0n) is 23.2. The Bertz CT molecular complexity index is 907. The fourth-order valence-corrected chi connectivity index (χ4v) is 4.81. The van der Waals surface area contributed by atoms with Gasteiger partial charge in [0.05, 0.1) is 13.2 Å². The van der Waals surface area contributed by atoms with E-state index in [1.54, 1.807) is 24.3 Å². The van der Waals surface area contributed by atoms with Gasteiger partial charge in [-0.1, -0.05) is 39.0 Å². The van der Waals surface area contributed by atoms with Gasteiger partial charge in [0.25, 0.3) is 0 Å². The van der Waals surface area contributed by atoms with Crippen molar-refractivity contribution in [3.63, 3.8) is 0 Å². The molecule has 3 rings (SSSR count). The van der Waals surface area contributed by atoms with Gasteiger partial charge >= 0.3 is 6.03 Å². The number of unbranched alkanes of at least 4 members (excludes halogenated alkanes) is 5. The van der Waals surface area contributed by atoms with Crippen molar-refractivity contribution in [3.8, 4) is 0 Å².